The Morgan fingerprint density at radius 3 is 2.92 bits per heavy atom. The molecule has 0 spiro atoms. The van der Waals surface area contributed by atoms with Gasteiger partial charge in [-0.1, -0.05) is 28.1 Å². The molecule has 0 unspecified atom stereocenters. The highest BCUT2D eigenvalue weighted by Gasteiger charge is 2.32. The average molecular weight is 394 g/mol. The first-order chi connectivity index (χ1) is 11.3. The number of anilines is 1. The third kappa shape index (κ3) is 3.70. The molecule has 3 rings (SSSR count). The Hall–Kier alpha value is -2.08. The van der Waals surface area contributed by atoms with Crippen molar-refractivity contribution in [3.05, 3.63) is 52.3 Å². The molecule has 1 aliphatic heterocycles. The number of amides is 1. The summed E-state index contributed by atoms with van der Waals surface area (Å²) >= 11 is 3.17. The molecule has 1 amide bonds. The van der Waals surface area contributed by atoms with Gasteiger partial charge in [0.25, 0.3) is 5.91 Å². The first-order valence-electron chi connectivity index (χ1n) is 7.53. The molecule has 1 heterocycles. The van der Waals surface area contributed by atoms with Gasteiger partial charge in [0.2, 0.25) is 0 Å². The fourth-order valence-electron chi connectivity index (χ4n) is 2.62. The maximum absolute atomic E-state index is 13.7. The monoisotopic (exact) mass is 393 g/mol. The summed E-state index contributed by atoms with van der Waals surface area (Å²) in [6, 6.07) is 10.0. The van der Waals surface area contributed by atoms with Crippen LogP contribution in [0.15, 0.2) is 40.9 Å². The van der Waals surface area contributed by atoms with E-state index in [0.29, 0.717) is 16.0 Å². The van der Waals surface area contributed by atoms with Gasteiger partial charge in [-0.25, -0.2) is 4.39 Å². The van der Waals surface area contributed by atoms with Gasteiger partial charge in [0, 0.05) is 16.5 Å². The van der Waals surface area contributed by atoms with Crippen LogP contribution in [0, 0.1) is 5.82 Å². The lowest BCUT2D eigenvalue weighted by molar-refractivity contribution is -0.118. The summed E-state index contributed by atoms with van der Waals surface area (Å²) in [6.45, 7) is 3.77. The molecular formula is C18H17BrFNO3. The van der Waals surface area contributed by atoms with Gasteiger partial charge >= 0.3 is 0 Å². The Bertz CT molecular complexity index is 792. The smallest absolute Gasteiger partial charge is 0.262 e. The number of nitrogens with one attached hydrogen (secondary N) is 1. The highest BCUT2D eigenvalue weighted by Crippen LogP contribution is 2.41. The fourth-order valence-corrected chi connectivity index (χ4v) is 2.95. The maximum Gasteiger partial charge on any atom is 0.262 e. The van der Waals surface area contributed by atoms with E-state index in [0.717, 1.165) is 12.0 Å². The van der Waals surface area contributed by atoms with Crippen molar-refractivity contribution in [2.24, 2.45) is 0 Å². The van der Waals surface area contributed by atoms with E-state index in [1.165, 1.54) is 12.1 Å². The Morgan fingerprint density at radius 1 is 1.38 bits per heavy atom. The predicted octanol–water partition coefficient (Wildman–Crippen LogP) is 4.32. The third-order valence-electron chi connectivity index (χ3n) is 3.62. The lowest BCUT2D eigenvalue weighted by Gasteiger charge is -2.18. The molecule has 24 heavy (non-hydrogen) atoms. The molecule has 0 saturated heterocycles. The zero-order chi connectivity index (χ0) is 17.3. The van der Waals surface area contributed by atoms with Crippen molar-refractivity contribution in [3.63, 3.8) is 0 Å². The van der Waals surface area contributed by atoms with Crippen molar-refractivity contribution in [3.8, 4) is 11.5 Å². The van der Waals surface area contributed by atoms with E-state index < -0.39 is 11.7 Å². The largest absolute Gasteiger partial charge is 0.483 e. The second kappa shape index (κ2) is 6.43. The SMILES string of the molecule is CC1(C)Cc2cccc(OCC(=O)Nc3ccc(Br)cc3F)c2O1. The number of halogens is 2. The van der Waals surface area contributed by atoms with Gasteiger partial charge < -0.3 is 14.8 Å². The van der Waals surface area contributed by atoms with Gasteiger partial charge in [-0.15, -0.1) is 0 Å². The molecule has 0 radical (unpaired) electrons. The standard InChI is InChI=1S/C18H17BrFNO3/c1-18(2)9-11-4-3-5-15(17(11)24-18)23-10-16(22)21-14-7-6-12(19)8-13(14)20/h3-8H,9-10H2,1-2H3,(H,21,22). The van der Waals surface area contributed by atoms with E-state index in [4.69, 9.17) is 9.47 Å². The van der Waals surface area contributed by atoms with Crippen LogP contribution >= 0.6 is 15.9 Å². The van der Waals surface area contributed by atoms with E-state index in [2.05, 4.69) is 21.2 Å². The molecule has 1 aliphatic rings. The van der Waals surface area contributed by atoms with Gasteiger partial charge in [0.15, 0.2) is 18.1 Å². The molecule has 2 aromatic rings. The summed E-state index contributed by atoms with van der Waals surface area (Å²) in [7, 11) is 0. The van der Waals surface area contributed by atoms with Crippen LogP contribution in [0.25, 0.3) is 0 Å². The molecule has 0 saturated carbocycles. The Labute approximate surface area is 148 Å². The number of benzene rings is 2. The molecule has 0 aliphatic carbocycles. The predicted molar refractivity (Wildman–Crippen MR) is 93.1 cm³/mol. The van der Waals surface area contributed by atoms with E-state index in [-0.39, 0.29) is 17.9 Å². The minimum Gasteiger partial charge on any atom is -0.483 e. The summed E-state index contributed by atoms with van der Waals surface area (Å²) in [4.78, 5) is 12.0. The van der Waals surface area contributed by atoms with Crippen LogP contribution in [-0.4, -0.2) is 18.1 Å². The van der Waals surface area contributed by atoms with E-state index in [1.54, 1.807) is 12.1 Å². The number of hydrogen-bond acceptors (Lipinski definition) is 3. The molecule has 0 fully saturated rings. The number of carbonyl (C=O) groups excluding carboxylic acids is 1. The first-order valence-corrected chi connectivity index (χ1v) is 8.32. The zero-order valence-electron chi connectivity index (χ0n) is 13.4. The molecular weight excluding hydrogens is 377 g/mol. The molecule has 126 valence electrons. The normalized spacial score (nSPS) is 14.7. The summed E-state index contributed by atoms with van der Waals surface area (Å²) in [5.41, 5.74) is 0.879. The van der Waals surface area contributed by atoms with E-state index in [1.807, 2.05) is 26.0 Å². The van der Waals surface area contributed by atoms with Crippen LogP contribution in [0.5, 0.6) is 11.5 Å². The lowest BCUT2D eigenvalue weighted by atomic mass is 10.0. The summed E-state index contributed by atoms with van der Waals surface area (Å²) in [6.07, 6.45) is 0.788. The van der Waals surface area contributed by atoms with Crippen LogP contribution in [0.3, 0.4) is 0 Å². The highest BCUT2D eigenvalue weighted by molar-refractivity contribution is 9.10. The Balaban J connectivity index is 1.65. The number of carbonyl (C=O) groups is 1. The minimum absolute atomic E-state index is 0.113. The third-order valence-corrected chi connectivity index (χ3v) is 4.11. The average Bonchev–Trinajstić information content (AvgIpc) is 2.82. The number of ether oxygens (including phenoxy) is 2. The first kappa shape index (κ1) is 16.8. The van der Waals surface area contributed by atoms with Crippen molar-refractivity contribution in [2.75, 3.05) is 11.9 Å². The number of fused-ring (bicyclic) bond motifs is 1. The van der Waals surface area contributed by atoms with Gasteiger partial charge in [0.05, 0.1) is 5.69 Å². The Morgan fingerprint density at radius 2 is 2.17 bits per heavy atom. The van der Waals surface area contributed by atoms with Gasteiger partial charge in [-0.05, 0) is 38.1 Å². The van der Waals surface area contributed by atoms with Crippen LogP contribution < -0.4 is 14.8 Å². The van der Waals surface area contributed by atoms with Crippen molar-refractivity contribution in [1.29, 1.82) is 0 Å². The van der Waals surface area contributed by atoms with Crippen molar-refractivity contribution in [2.45, 2.75) is 25.9 Å². The fraction of sp³-hybridized carbons (Fsp3) is 0.278. The number of hydrogen-bond donors (Lipinski definition) is 1. The van der Waals surface area contributed by atoms with E-state index in [9.17, 15) is 9.18 Å². The second-order valence-corrected chi connectivity index (χ2v) is 7.16. The second-order valence-electron chi connectivity index (χ2n) is 6.24. The molecule has 4 nitrogen and oxygen atoms in total. The van der Waals surface area contributed by atoms with Crippen LogP contribution in [-0.2, 0) is 11.2 Å². The van der Waals surface area contributed by atoms with E-state index >= 15 is 0 Å². The molecule has 0 atom stereocenters. The summed E-state index contributed by atoms with van der Waals surface area (Å²) < 4.78 is 25.8. The molecule has 6 heteroatoms. The van der Waals surface area contributed by atoms with Crippen molar-refractivity contribution < 1.29 is 18.7 Å². The molecule has 1 N–H and O–H groups in total. The van der Waals surface area contributed by atoms with Crippen molar-refractivity contribution >= 4 is 27.5 Å². The zero-order valence-corrected chi connectivity index (χ0v) is 14.9. The molecule has 2 aromatic carbocycles. The maximum atomic E-state index is 13.7. The van der Waals surface area contributed by atoms with Crippen molar-refractivity contribution in [1.82, 2.24) is 0 Å². The highest BCUT2D eigenvalue weighted by atomic mass is 79.9. The van der Waals surface area contributed by atoms with Crippen LogP contribution in [0.1, 0.15) is 19.4 Å². The summed E-state index contributed by atoms with van der Waals surface area (Å²) in [5.74, 6) is 0.240. The Kier molecular flexibility index (Phi) is 4.49. The lowest BCUT2D eigenvalue weighted by Crippen LogP contribution is -2.25. The van der Waals surface area contributed by atoms with Gasteiger partial charge in [0.1, 0.15) is 11.4 Å². The molecule has 0 bridgehead atoms. The minimum atomic E-state index is -0.511. The number of rotatable bonds is 4. The summed E-state index contributed by atoms with van der Waals surface area (Å²) in [5, 5.41) is 2.49. The van der Waals surface area contributed by atoms with Crippen LogP contribution in [0.4, 0.5) is 10.1 Å². The van der Waals surface area contributed by atoms with Gasteiger partial charge in [-0.3, -0.25) is 4.79 Å². The number of para-hydroxylation sites is 1. The van der Waals surface area contributed by atoms with Crippen LogP contribution in [0.2, 0.25) is 0 Å². The quantitative estimate of drug-likeness (QED) is 0.841. The topological polar surface area (TPSA) is 47.6 Å². The van der Waals surface area contributed by atoms with Gasteiger partial charge in [-0.2, -0.15) is 0 Å². The molecule has 0 aromatic heterocycles.